The predicted molar refractivity (Wildman–Crippen MR) is 117 cm³/mol. The summed E-state index contributed by atoms with van der Waals surface area (Å²) >= 11 is 1.27. The van der Waals surface area contributed by atoms with Gasteiger partial charge in [-0.05, 0) is 49.4 Å². The Kier molecular flexibility index (Phi) is 7.27. The highest BCUT2D eigenvalue weighted by atomic mass is 32.1. The minimum absolute atomic E-state index is 0.149. The van der Waals surface area contributed by atoms with E-state index in [9.17, 15) is 31.9 Å². The molecule has 0 atom stereocenters. The van der Waals surface area contributed by atoms with Crippen LogP contribution in [0, 0.1) is 12.7 Å². The molecule has 33 heavy (non-hydrogen) atoms. The van der Waals surface area contributed by atoms with Gasteiger partial charge in [-0.25, -0.2) is 4.39 Å². The van der Waals surface area contributed by atoms with Crippen LogP contribution in [0.15, 0.2) is 54.6 Å². The van der Waals surface area contributed by atoms with Crippen LogP contribution in [-0.4, -0.2) is 17.6 Å². The lowest BCUT2D eigenvalue weighted by Gasteiger charge is -2.16. The van der Waals surface area contributed by atoms with E-state index in [1.54, 1.807) is 12.1 Å². The number of halogens is 4. The van der Waals surface area contributed by atoms with Gasteiger partial charge in [-0.2, -0.15) is 13.2 Å². The first-order valence-electron chi connectivity index (χ1n) is 9.71. The lowest BCUT2D eigenvalue weighted by molar-refractivity contribution is -0.136. The quantitative estimate of drug-likeness (QED) is 0.320. The predicted octanol–water partition coefficient (Wildman–Crippen LogP) is 6.07. The zero-order valence-corrected chi connectivity index (χ0v) is 18.1. The van der Waals surface area contributed by atoms with Crippen molar-refractivity contribution >= 4 is 40.3 Å². The van der Waals surface area contributed by atoms with Crippen LogP contribution in [0.1, 0.15) is 43.3 Å². The monoisotopic (exact) mass is 478 g/mol. The fourth-order valence-electron chi connectivity index (χ4n) is 2.96. The number of benzene rings is 2. The molecule has 1 heterocycles. The van der Waals surface area contributed by atoms with Gasteiger partial charge in [0.1, 0.15) is 5.82 Å². The van der Waals surface area contributed by atoms with Gasteiger partial charge in [0.2, 0.25) is 5.91 Å². The largest absolute Gasteiger partial charge is 0.418 e. The topological polar surface area (TPSA) is 75.3 Å². The van der Waals surface area contributed by atoms with E-state index in [1.807, 2.05) is 6.92 Å². The molecule has 2 aromatic carbocycles. The van der Waals surface area contributed by atoms with Gasteiger partial charge in [0.15, 0.2) is 5.78 Å². The van der Waals surface area contributed by atoms with Crippen molar-refractivity contribution in [2.75, 3.05) is 10.6 Å². The molecule has 0 aliphatic carbocycles. The molecule has 10 heteroatoms. The number of nitrogens with one attached hydrogen (secondary N) is 2. The summed E-state index contributed by atoms with van der Waals surface area (Å²) in [7, 11) is 0. The third-order valence-electron chi connectivity index (χ3n) is 4.57. The lowest BCUT2D eigenvalue weighted by Crippen LogP contribution is -2.18. The summed E-state index contributed by atoms with van der Waals surface area (Å²) in [6, 6.07) is 11.2. The van der Waals surface area contributed by atoms with E-state index < -0.39 is 35.1 Å². The maximum absolute atomic E-state index is 13.7. The molecule has 2 amide bonds. The number of hydrogen-bond acceptors (Lipinski definition) is 4. The number of carbonyl (C=O) groups excluding carboxylic acids is 3. The molecule has 0 fully saturated rings. The third-order valence-corrected chi connectivity index (χ3v) is 5.61. The maximum atomic E-state index is 13.7. The fourth-order valence-corrected chi connectivity index (χ4v) is 3.79. The van der Waals surface area contributed by atoms with Crippen LogP contribution >= 0.6 is 11.3 Å². The SMILES string of the molecule is Cc1ccc(C(=O)CCC(=O)Nc2ccc(NC(=O)c3ccccc3F)cc2C(F)(F)F)s1. The van der Waals surface area contributed by atoms with E-state index in [0.29, 0.717) is 10.9 Å². The van der Waals surface area contributed by atoms with Crippen molar-refractivity contribution in [3.05, 3.63) is 81.3 Å². The van der Waals surface area contributed by atoms with E-state index in [-0.39, 0.29) is 29.9 Å². The van der Waals surface area contributed by atoms with Crippen LogP contribution in [0.5, 0.6) is 0 Å². The highest BCUT2D eigenvalue weighted by molar-refractivity contribution is 7.14. The first-order chi connectivity index (χ1) is 15.5. The Labute approximate surface area is 190 Å². The summed E-state index contributed by atoms with van der Waals surface area (Å²) in [5, 5.41) is 4.39. The molecule has 3 aromatic rings. The normalized spacial score (nSPS) is 11.2. The van der Waals surface area contributed by atoms with Gasteiger partial charge in [0, 0.05) is 23.4 Å². The summed E-state index contributed by atoms with van der Waals surface area (Å²) in [4.78, 5) is 37.9. The summed E-state index contributed by atoms with van der Waals surface area (Å²) in [6.45, 7) is 1.83. The first-order valence-corrected chi connectivity index (χ1v) is 10.5. The van der Waals surface area contributed by atoms with E-state index >= 15 is 0 Å². The molecule has 0 unspecified atom stereocenters. The second kappa shape index (κ2) is 9.95. The number of thiophene rings is 1. The summed E-state index contributed by atoms with van der Waals surface area (Å²) in [6.07, 6.45) is -5.28. The van der Waals surface area contributed by atoms with Crippen LogP contribution in [0.25, 0.3) is 0 Å². The van der Waals surface area contributed by atoms with Crippen molar-refractivity contribution in [2.45, 2.75) is 25.9 Å². The number of alkyl halides is 3. The standard InChI is InChI=1S/C23H18F4N2O3S/c1-13-6-10-20(33-13)19(30)9-11-21(31)29-18-8-7-14(12-16(18)23(25,26)27)28-22(32)15-4-2-3-5-17(15)24/h2-8,10,12H,9,11H2,1H3,(H,28,32)(H,29,31). The molecular formula is C23H18F4N2O3S. The number of amides is 2. The van der Waals surface area contributed by atoms with Crippen molar-refractivity contribution in [2.24, 2.45) is 0 Å². The van der Waals surface area contributed by atoms with Crippen LogP contribution in [-0.2, 0) is 11.0 Å². The van der Waals surface area contributed by atoms with E-state index in [0.717, 1.165) is 23.1 Å². The fraction of sp³-hybridized carbons (Fsp3) is 0.174. The zero-order valence-electron chi connectivity index (χ0n) is 17.3. The minimum atomic E-state index is -4.84. The Morgan fingerprint density at radius 1 is 0.939 bits per heavy atom. The van der Waals surface area contributed by atoms with Gasteiger partial charge < -0.3 is 10.6 Å². The second-order valence-corrected chi connectivity index (χ2v) is 8.36. The summed E-state index contributed by atoms with van der Waals surface area (Å²) < 4.78 is 54.4. The van der Waals surface area contributed by atoms with Crippen LogP contribution in [0.4, 0.5) is 28.9 Å². The van der Waals surface area contributed by atoms with Gasteiger partial charge in [0.05, 0.1) is 21.7 Å². The van der Waals surface area contributed by atoms with Gasteiger partial charge in [-0.1, -0.05) is 12.1 Å². The Hall–Kier alpha value is -3.53. The number of hydrogen-bond donors (Lipinski definition) is 2. The molecule has 1 aromatic heterocycles. The maximum Gasteiger partial charge on any atom is 0.418 e. The van der Waals surface area contributed by atoms with Crippen molar-refractivity contribution in [3.63, 3.8) is 0 Å². The Bertz CT molecular complexity index is 1200. The van der Waals surface area contributed by atoms with Crippen LogP contribution in [0.3, 0.4) is 0 Å². The summed E-state index contributed by atoms with van der Waals surface area (Å²) in [5.41, 5.74) is -2.26. The van der Waals surface area contributed by atoms with E-state index in [1.165, 1.54) is 29.5 Å². The molecule has 0 aliphatic rings. The van der Waals surface area contributed by atoms with E-state index in [4.69, 9.17) is 0 Å². The number of anilines is 2. The Morgan fingerprint density at radius 3 is 2.30 bits per heavy atom. The highest BCUT2D eigenvalue weighted by Gasteiger charge is 2.34. The van der Waals surface area contributed by atoms with Crippen LogP contribution in [0.2, 0.25) is 0 Å². The Morgan fingerprint density at radius 2 is 1.67 bits per heavy atom. The molecule has 172 valence electrons. The Balaban J connectivity index is 1.71. The average Bonchev–Trinajstić information content (AvgIpc) is 3.19. The van der Waals surface area contributed by atoms with Crippen molar-refractivity contribution in [1.29, 1.82) is 0 Å². The first kappa shape index (κ1) is 24.1. The van der Waals surface area contributed by atoms with Gasteiger partial charge in [0.25, 0.3) is 5.91 Å². The number of aryl methyl sites for hydroxylation is 1. The molecule has 2 N–H and O–H groups in total. The van der Waals surface area contributed by atoms with Gasteiger partial charge >= 0.3 is 6.18 Å². The number of rotatable bonds is 7. The molecule has 5 nitrogen and oxygen atoms in total. The lowest BCUT2D eigenvalue weighted by atomic mass is 10.1. The van der Waals surface area contributed by atoms with Crippen LogP contribution < -0.4 is 10.6 Å². The number of Topliss-reactive ketones (excluding diaryl/α,β-unsaturated/α-hetero) is 1. The highest BCUT2D eigenvalue weighted by Crippen LogP contribution is 2.37. The summed E-state index contributed by atoms with van der Waals surface area (Å²) in [5.74, 6) is -2.77. The number of ketones is 1. The van der Waals surface area contributed by atoms with Gasteiger partial charge in [-0.3, -0.25) is 14.4 Å². The molecule has 0 saturated heterocycles. The zero-order chi connectivity index (χ0) is 24.2. The molecular weight excluding hydrogens is 460 g/mol. The third kappa shape index (κ3) is 6.26. The number of carbonyl (C=O) groups is 3. The average molecular weight is 478 g/mol. The molecule has 0 saturated carbocycles. The molecule has 0 spiro atoms. The van der Waals surface area contributed by atoms with Crippen molar-refractivity contribution < 1.29 is 31.9 Å². The van der Waals surface area contributed by atoms with Crippen molar-refractivity contribution in [1.82, 2.24) is 0 Å². The minimum Gasteiger partial charge on any atom is -0.325 e. The molecule has 0 bridgehead atoms. The van der Waals surface area contributed by atoms with Gasteiger partial charge in [-0.15, -0.1) is 11.3 Å². The smallest absolute Gasteiger partial charge is 0.325 e. The molecule has 0 radical (unpaired) electrons. The van der Waals surface area contributed by atoms with E-state index in [2.05, 4.69) is 10.6 Å². The van der Waals surface area contributed by atoms with Crippen molar-refractivity contribution in [3.8, 4) is 0 Å². The second-order valence-electron chi connectivity index (χ2n) is 7.07. The molecule has 0 aliphatic heterocycles. The molecule has 3 rings (SSSR count).